The standard InChI is InChI=1S/C36H29FN2O2/c37-33-19-8-9-20-34(33)38-36(40)23-31(27-14-11-17-29(22-27)41-28-15-5-2-6-16-28)32-25-39(24-26-12-3-1-4-13-26)35-21-10-7-18-30(32)35/h1-22,25,31H,23-24H2,(H,38,40)/t31-/m0/s1. The fraction of sp³-hybridized carbons (Fsp3) is 0.0833. The highest BCUT2D eigenvalue weighted by Gasteiger charge is 2.24. The van der Waals surface area contributed by atoms with Gasteiger partial charge in [0, 0.05) is 36.0 Å². The van der Waals surface area contributed by atoms with E-state index in [1.807, 2.05) is 84.9 Å². The lowest BCUT2D eigenvalue weighted by Gasteiger charge is -2.18. The molecule has 0 unspecified atom stereocenters. The molecule has 5 heteroatoms. The van der Waals surface area contributed by atoms with Crippen molar-refractivity contribution < 1.29 is 13.9 Å². The van der Waals surface area contributed by atoms with Gasteiger partial charge in [-0.2, -0.15) is 0 Å². The van der Waals surface area contributed by atoms with Gasteiger partial charge in [-0.15, -0.1) is 0 Å². The number of nitrogens with one attached hydrogen (secondary N) is 1. The van der Waals surface area contributed by atoms with Crippen molar-refractivity contribution in [2.45, 2.75) is 18.9 Å². The molecule has 6 rings (SSSR count). The smallest absolute Gasteiger partial charge is 0.225 e. The van der Waals surface area contributed by atoms with Gasteiger partial charge in [-0.25, -0.2) is 4.39 Å². The van der Waals surface area contributed by atoms with E-state index in [2.05, 4.69) is 40.3 Å². The average molecular weight is 541 g/mol. The Morgan fingerprint density at radius 2 is 1.44 bits per heavy atom. The minimum absolute atomic E-state index is 0.127. The molecule has 0 aliphatic carbocycles. The Balaban J connectivity index is 1.40. The molecule has 0 aliphatic rings. The van der Waals surface area contributed by atoms with E-state index in [1.54, 1.807) is 18.2 Å². The van der Waals surface area contributed by atoms with Crippen LogP contribution in [0.5, 0.6) is 11.5 Å². The van der Waals surface area contributed by atoms with Gasteiger partial charge in [0.15, 0.2) is 0 Å². The summed E-state index contributed by atoms with van der Waals surface area (Å²) in [5.74, 6) is 0.381. The Labute approximate surface area is 238 Å². The fourth-order valence-electron chi connectivity index (χ4n) is 5.24. The van der Waals surface area contributed by atoms with Gasteiger partial charge in [-0.05, 0) is 59.2 Å². The number of anilines is 1. The van der Waals surface area contributed by atoms with Gasteiger partial charge in [-0.3, -0.25) is 4.79 Å². The van der Waals surface area contributed by atoms with Gasteiger partial charge < -0.3 is 14.6 Å². The monoisotopic (exact) mass is 540 g/mol. The van der Waals surface area contributed by atoms with E-state index in [0.717, 1.165) is 27.8 Å². The van der Waals surface area contributed by atoms with Crippen LogP contribution in [-0.4, -0.2) is 10.5 Å². The summed E-state index contributed by atoms with van der Waals surface area (Å²) < 4.78 is 22.7. The molecule has 0 bridgehead atoms. The SMILES string of the molecule is O=C(C[C@@H](c1cccc(Oc2ccccc2)c1)c1cn(Cc2ccccc2)c2ccccc12)Nc1ccccc1F. The van der Waals surface area contributed by atoms with Crippen molar-refractivity contribution in [3.63, 3.8) is 0 Å². The van der Waals surface area contributed by atoms with Crippen LogP contribution in [-0.2, 0) is 11.3 Å². The van der Waals surface area contributed by atoms with Crippen LogP contribution in [0.4, 0.5) is 10.1 Å². The van der Waals surface area contributed by atoms with Crippen molar-refractivity contribution >= 4 is 22.5 Å². The van der Waals surface area contributed by atoms with Crippen LogP contribution in [0.2, 0.25) is 0 Å². The lowest BCUT2D eigenvalue weighted by atomic mass is 9.88. The number of nitrogens with zero attached hydrogens (tertiary/aromatic N) is 1. The predicted molar refractivity (Wildman–Crippen MR) is 162 cm³/mol. The maximum absolute atomic E-state index is 14.4. The number of carbonyl (C=O) groups excluding carboxylic acids is 1. The summed E-state index contributed by atoms with van der Waals surface area (Å²) in [6.45, 7) is 0.701. The second kappa shape index (κ2) is 11.9. The van der Waals surface area contributed by atoms with Crippen molar-refractivity contribution in [3.8, 4) is 11.5 Å². The number of halogens is 1. The lowest BCUT2D eigenvalue weighted by Crippen LogP contribution is -2.17. The van der Waals surface area contributed by atoms with E-state index >= 15 is 0 Å². The highest BCUT2D eigenvalue weighted by Crippen LogP contribution is 2.37. The first-order chi connectivity index (χ1) is 20.1. The molecular formula is C36H29FN2O2. The molecule has 0 aliphatic heterocycles. The van der Waals surface area contributed by atoms with Gasteiger partial charge in [0.1, 0.15) is 17.3 Å². The number of hydrogen-bond donors (Lipinski definition) is 1. The van der Waals surface area contributed by atoms with Gasteiger partial charge in [-0.1, -0.05) is 91.0 Å². The second-order valence-corrected chi connectivity index (χ2v) is 9.99. The Morgan fingerprint density at radius 3 is 2.24 bits per heavy atom. The number of ether oxygens (including phenoxy) is 1. The first-order valence-corrected chi connectivity index (χ1v) is 13.6. The Kier molecular flexibility index (Phi) is 7.59. The van der Waals surface area contributed by atoms with Crippen molar-refractivity contribution in [1.82, 2.24) is 4.57 Å². The van der Waals surface area contributed by atoms with Gasteiger partial charge in [0.05, 0.1) is 5.69 Å². The predicted octanol–water partition coefficient (Wildman–Crippen LogP) is 8.78. The van der Waals surface area contributed by atoms with Crippen LogP contribution >= 0.6 is 0 Å². The van der Waals surface area contributed by atoms with Crippen molar-refractivity contribution in [2.75, 3.05) is 5.32 Å². The van der Waals surface area contributed by atoms with Gasteiger partial charge in [0.25, 0.3) is 0 Å². The minimum Gasteiger partial charge on any atom is -0.457 e. The van der Waals surface area contributed by atoms with Crippen molar-refractivity contribution in [2.24, 2.45) is 0 Å². The van der Waals surface area contributed by atoms with Gasteiger partial charge >= 0.3 is 0 Å². The summed E-state index contributed by atoms with van der Waals surface area (Å²) in [7, 11) is 0. The maximum atomic E-state index is 14.4. The molecule has 1 N–H and O–H groups in total. The first-order valence-electron chi connectivity index (χ1n) is 13.6. The molecule has 1 atom stereocenters. The fourth-order valence-corrected chi connectivity index (χ4v) is 5.24. The summed E-state index contributed by atoms with van der Waals surface area (Å²) in [6.07, 6.45) is 2.27. The number of amides is 1. The van der Waals surface area contributed by atoms with Crippen LogP contribution in [0, 0.1) is 5.82 Å². The number of rotatable bonds is 9. The molecule has 0 spiro atoms. The van der Waals surface area contributed by atoms with Crippen LogP contribution < -0.4 is 10.1 Å². The number of aromatic nitrogens is 1. The third-order valence-electron chi connectivity index (χ3n) is 7.17. The molecule has 5 aromatic carbocycles. The zero-order valence-electron chi connectivity index (χ0n) is 22.4. The number of hydrogen-bond acceptors (Lipinski definition) is 2. The number of fused-ring (bicyclic) bond motifs is 1. The molecule has 6 aromatic rings. The van der Waals surface area contributed by atoms with Crippen molar-refractivity contribution in [3.05, 3.63) is 162 Å². The molecule has 0 fully saturated rings. The third-order valence-corrected chi connectivity index (χ3v) is 7.17. The molecule has 0 saturated heterocycles. The lowest BCUT2D eigenvalue weighted by molar-refractivity contribution is -0.116. The largest absolute Gasteiger partial charge is 0.457 e. The molecule has 0 saturated carbocycles. The molecule has 1 heterocycles. The summed E-state index contributed by atoms with van der Waals surface area (Å²) >= 11 is 0. The number of benzene rings is 5. The number of para-hydroxylation sites is 3. The summed E-state index contributed by atoms with van der Waals surface area (Å²) in [6, 6.07) is 42.2. The van der Waals surface area contributed by atoms with Crippen LogP contribution in [0.3, 0.4) is 0 Å². The highest BCUT2D eigenvalue weighted by atomic mass is 19.1. The van der Waals surface area contributed by atoms with Crippen LogP contribution in [0.1, 0.15) is 29.0 Å². The Bertz CT molecular complexity index is 1780. The quantitative estimate of drug-likeness (QED) is 0.199. The molecule has 1 aromatic heterocycles. The molecule has 0 radical (unpaired) electrons. The molecule has 4 nitrogen and oxygen atoms in total. The van der Waals surface area contributed by atoms with Crippen LogP contribution in [0.15, 0.2) is 140 Å². The maximum Gasteiger partial charge on any atom is 0.225 e. The molecule has 1 amide bonds. The van der Waals surface area contributed by atoms with Gasteiger partial charge in [0.2, 0.25) is 5.91 Å². The molecule has 41 heavy (non-hydrogen) atoms. The zero-order chi connectivity index (χ0) is 28.0. The average Bonchev–Trinajstić information content (AvgIpc) is 3.36. The molecular weight excluding hydrogens is 511 g/mol. The van der Waals surface area contributed by atoms with E-state index in [9.17, 15) is 9.18 Å². The highest BCUT2D eigenvalue weighted by molar-refractivity contribution is 5.93. The Morgan fingerprint density at radius 1 is 0.756 bits per heavy atom. The van der Waals surface area contributed by atoms with E-state index < -0.39 is 5.82 Å². The first kappa shape index (κ1) is 26.1. The molecule has 202 valence electrons. The normalized spacial score (nSPS) is 11.7. The van der Waals surface area contributed by atoms with E-state index in [1.165, 1.54) is 11.6 Å². The van der Waals surface area contributed by atoms with Crippen molar-refractivity contribution in [1.29, 1.82) is 0 Å². The number of carbonyl (C=O) groups is 1. The van der Waals surface area contributed by atoms with Crippen LogP contribution in [0.25, 0.3) is 10.9 Å². The van der Waals surface area contributed by atoms with E-state index in [-0.39, 0.29) is 23.9 Å². The summed E-state index contributed by atoms with van der Waals surface area (Å²) in [5.41, 5.74) is 4.40. The minimum atomic E-state index is -0.463. The topological polar surface area (TPSA) is 43.3 Å². The van der Waals surface area contributed by atoms with E-state index in [0.29, 0.717) is 12.3 Å². The second-order valence-electron chi connectivity index (χ2n) is 9.99. The summed E-state index contributed by atoms with van der Waals surface area (Å²) in [5, 5.41) is 3.85. The van der Waals surface area contributed by atoms with E-state index in [4.69, 9.17) is 4.74 Å². The summed E-state index contributed by atoms with van der Waals surface area (Å²) in [4.78, 5) is 13.4. The zero-order valence-corrected chi connectivity index (χ0v) is 22.4. The Hall–Kier alpha value is -5.16. The third kappa shape index (κ3) is 6.04.